The second-order valence-corrected chi connectivity index (χ2v) is 8.25. The minimum atomic E-state index is -0.774. The largest absolute Gasteiger partial charge is 0.494 e. The lowest BCUT2D eigenvalue weighted by atomic mass is 10.1. The Kier molecular flexibility index (Phi) is 7.64. The van der Waals surface area contributed by atoms with E-state index in [0.29, 0.717) is 17.8 Å². The van der Waals surface area contributed by atoms with Gasteiger partial charge in [-0.15, -0.1) is 0 Å². The predicted molar refractivity (Wildman–Crippen MR) is 123 cm³/mol. The average molecular weight is 520 g/mol. The van der Waals surface area contributed by atoms with E-state index in [-0.39, 0.29) is 30.3 Å². The van der Waals surface area contributed by atoms with Crippen molar-refractivity contribution >= 4 is 50.8 Å². The SMILES string of the molecule is CCc1cc(Br)ccc1NC(=O)COC(=O)[C@@H]1CC(=O)N(c2ccc([N+](=O)[O-])cc2OC)C1. The fourth-order valence-electron chi connectivity index (χ4n) is 3.52. The van der Waals surface area contributed by atoms with E-state index in [1.54, 1.807) is 12.1 Å². The number of anilines is 2. The van der Waals surface area contributed by atoms with E-state index < -0.39 is 29.3 Å². The van der Waals surface area contributed by atoms with E-state index in [9.17, 15) is 24.5 Å². The molecule has 33 heavy (non-hydrogen) atoms. The average Bonchev–Trinajstić information content (AvgIpc) is 3.19. The number of nitro groups is 1. The molecule has 0 radical (unpaired) electrons. The molecule has 1 aliphatic heterocycles. The Labute approximate surface area is 198 Å². The molecule has 1 fully saturated rings. The van der Waals surface area contributed by atoms with Gasteiger partial charge in [-0.2, -0.15) is 0 Å². The van der Waals surface area contributed by atoms with E-state index in [1.807, 2.05) is 13.0 Å². The zero-order valence-corrected chi connectivity index (χ0v) is 19.6. The van der Waals surface area contributed by atoms with Crippen LogP contribution in [-0.2, 0) is 25.5 Å². The van der Waals surface area contributed by atoms with Gasteiger partial charge in [-0.1, -0.05) is 22.9 Å². The highest BCUT2D eigenvalue weighted by atomic mass is 79.9. The van der Waals surface area contributed by atoms with Gasteiger partial charge in [0.15, 0.2) is 6.61 Å². The highest BCUT2D eigenvalue weighted by molar-refractivity contribution is 9.10. The van der Waals surface area contributed by atoms with Gasteiger partial charge in [-0.05, 0) is 36.2 Å². The van der Waals surface area contributed by atoms with Crippen LogP contribution in [0.3, 0.4) is 0 Å². The van der Waals surface area contributed by atoms with Crippen molar-refractivity contribution in [1.82, 2.24) is 0 Å². The third kappa shape index (κ3) is 5.67. The molecule has 1 saturated heterocycles. The molecule has 1 aliphatic rings. The molecule has 0 saturated carbocycles. The summed E-state index contributed by atoms with van der Waals surface area (Å²) < 4.78 is 11.2. The number of non-ortho nitro benzene ring substituents is 1. The van der Waals surface area contributed by atoms with E-state index in [2.05, 4.69) is 21.2 Å². The smallest absolute Gasteiger partial charge is 0.311 e. The first-order valence-electron chi connectivity index (χ1n) is 10.1. The number of methoxy groups -OCH3 is 1. The molecule has 1 atom stereocenters. The molecule has 174 valence electrons. The second-order valence-electron chi connectivity index (χ2n) is 7.33. The molecular formula is C22H22BrN3O7. The summed E-state index contributed by atoms with van der Waals surface area (Å²) >= 11 is 3.38. The summed E-state index contributed by atoms with van der Waals surface area (Å²) in [6.07, 6.45) is 0.605. The molecule has 1 N–H and O–H groups in total. The van der Waals surface area contributed by atoms with Crippen LogP contribution in [-0.4, -0.2) is 43.0 Å². The normalized spacial score (nSPS) is 15.3. The molecule has 0 spiro atoms. The molecule has 11 heteroatoms. The number of hydrogen-bond acceptors (Lipinski definition) is 7. The number of amides is 2. The quantitative estimate of drug-likeness (QED) is 0.321. The maximum absolute atomic E-state index is 12.5. The van der Waals surface area contributed by atoms with Gasteiger partial charge in [0.2, 0.25) is 5.91 Å². The van der Waals surface area contributed by atoms with Crippen molar-refractivity contribution in [3.05, 3.63) is 56.5 Å². The summed E-state index contributed by atoms with van der Waals surface area (Å²) in [6, 6.07) is 9.32. The topological polar surface area (TPSA) is 128 Å². The Balaban J connectivity index is 1.61. The molecule has 2 aromatic rings. The third-order valence-corrected chi connectivity index (χ3v) is 5.68. The van der Waals surface area contributed by atoms with Gasteiger partial charge in [0.25, 0.3) is 11.6 Å². The summed E-state index contributed by atoms with van der Waals surface area (Å²) in [5, 5.41) is 13.7. The molecular weight excluding hydrogens is 498 g/mol. The fourth-order valence-corrected chi connectivity index (χ4v) is 3.93. The van der Waals surface area contributed by atoms with Crippen LogP contribution in [0.25, 0.3) is 0 Å². The van der Waals surface area contributed by atoms with E-state index in [0.717, 1.165) is 10.0 Å². The Morgan fingerprint density at radius 3 is 2.70 bits per heavy atom. The van der Waals surface area contributed by atoms with Crippen molar-refractivity contribution < 1.29 is 28.8 Å². The Morgan fingerprint density at radius 1 is 1.27 bits per heavy atom. The van der Waals surface area contributed by atoms with Crippen molar-refractivity contribution in [2.45, 2.75) is 19.8 Å². The van der Waals surface area contributed by atoms with Gasteiger partial charge in [0.1, 0.15) is 5.75 Å². The molecule has 2 amide bonds. The van der Waals surface area contributed by atoms with Crippen LogP contribution in [0.1, 0.15) is 18.9 Å². The molecule has 0 bridgehead atoms. The van der Waals surface area contributed by atoms with Crippen LogP contribution in [0.5, 0.6) is 5.75 Å². The van der Waals surface area contributed by atoms with Crippen molar-refractivity contribution in [3.8, 4) is 5.75 Å². The first-order valence-corrected chi connectivity index (χ1v) is 10.9. The van der Waals surface area contributed by atoms with Crippen molar-refractivity contribution in [3.63, 3.8) is 0 Å². The summed E-state index contributed by atoms with van der Waals surface area (Å²) in [7, 11) is 1.34. The van der Waals surface area contributed by atoms with Crippen LogP contribution in [0.15, 0.2) is 40.9 Å². The lowest BCUT2D eigenvalue weighted by Crippen LogP contribution is -2.28. The minimum Gasteiger partial charge on any atom is -0.494 e. The van der Waals surface area contributed by atoms with E-state index in [4.69, 9.17) is 9.47 Å². The highest BCUT2D eigenvalue weighted by Gasteiger charge is 2.37. The predicted octanol–water partition coefficient (Wildman–Crippen LogP) is 3.46. The van der Waals surface area contributed by atoms with Crippen LogP contribution in [0.2, 0.25) is 0 Å². The summed E-state index contributed by atoms with van der Waals surface area (Å²) in [4.78, 5) is 49.0. The molecule has 1 heterocycles. The number of hydrogen-bond donors (Lipinski definition) is 1. The lowest BCUT2D eigenvalue weighted by molar-refractivity contribution is -0.384. The first-order chi connectivity index (χ1) is 15.7. The van der Waals surface area contributed by atoms with Crippen LogP contribution in [0, 0.1) is 16.0 Å². The fraction of sp³-hybridized carbons (Fsp3) is 0.318. The van der Waals surface area contributed by atoms with Gasteiger partial charge in [0.05, 0.1) is 29.7 Å². The number of nitrogens with zero attached hydrogens (tertiary/aromatic N) is 2. The molecule has 0 aromatic heterocycles. The number of benzene rings is 2. The van der Waals surface area contributed by atoms with Crippen molar-refractivity contribution in [1.29, 1.82) is 0 Å². The van der Waals surface area contributed by atoms with Gasteiger partial charge >= 0.3 is 5.97 Å². The Morgan fingerprint density at radius 2 is 2.03 bits per heavy atom. The van der Waals surface area contributed by atoms with E-state index in [1.165, 1.54) is 30.2 Å². The Hall–Kier alpha value is -3.47. The first kappa shape index (κ1) is 24.2. The second kappa shape index (κ2) is 10.4. The van der Waals surface area contributed by atoms with Gasteiger partial charge in [-0.25, -0.2) is 0 Å². The van der Waals surface area contributed by atoms with Crippen LogP contribution >= 0.6 is 15.9 Å². The van der Waals surface area contributed by atoms with E-state index >= 15 is 0 Å². The number of ether oxygens (including phenoxy) is 2. The van der Waals surface area contributed by atoms with Gasteiger partial charge in [-0.3, -0.25) is 24.5 Å². The number of carbonyl (C=O) groups is 3. The maximum Gasteiger partial charge on any atom is 0.311 e. The number of aryl methyl sites for hydroxylation is 1. The van der Waals surface area contributed by atoms with Crippen LogP contribution in [0.4, 0.5) is 17.1 Å². The minimum absolute atomic E-state index is 0.0140. The van der Waals surface area contributed by atoms with Crippen LogP contribution < -0.4 is 15.0 Å². The van der Waals surface area contributed by atoms with Crippen molar-refractivity contribution in [2.24, 2.45) is 5.92 Å². The summed E-state index contributed by atoms with van der Waals surface area (Å²) in [5.41, 5.74) is 1.71. The Bertz CT molecular complexity index is 1110. The standard InChI is InChI=1S/C22H22BrN3O7/c1-3-13-8-15(23)4-6-17(13)24-20(27)12-33-22(29)14-9-21(28)25(11-14)18-7-5-16(26(30)31)10-19(18)32-2/h4-8,10,14H,3,9,11-12H2,1-2H3,(H,24,27)/t14-/m1/s1. The van der Waals surface area contributed by atoms with Gasteiger partial charge < -0.3 is 19.7 Å². The number of rotatable bonds is 8. The number of halogens is 1. The zero-order chi connectivity index (χ0) is 24.1. The molecule has 0 aliphatic carbocycles. The third-order valence-electron chi connectivity index (χ3n) is 5.19. The summed E-state index contributed by atoms with van der Waals surface area (Å²) in [6.45, 7) is 1.49. The lowest BCUT2D eigenvalue weighted by Gasteiger charge is -2.19. The number of nitro benzene ring substituents is 1. The van der Waals surface area contributed by atoms with Crippen molar-refractivity contribution in [2.75, 3.05) is 30.5 Å². The summed E-state index contributed by atoms with van der Waals surface area (Å²) in [5.74, 6) is -2.14. The molecule has 2 aromatic carbocycles. The highest BCUT2D eigenvalue weighted by Crippen LogP contribution is 2.36. The number of carbonyl (C=O) groups excluding carboxylic acids is 3. The van der Waals surface area contributed by atoms with Gasteiger partial charge in [0, 0.05) is 29.2 Å². The molecule has 3 rings (SSSR count). The monoisotopic (exact) mass is 519 g/mol. The maximum atomic E-state index is 12.5. The number of esters is 1. The number of nitrogens with one attached hydrogen (secondary N) is 1. The molecule has 0 unspecified atom stereocenters. The molecule has 10 nitrogen and oxygen atoms in total. The zero-order valence-electron chi connectivity index (χ0n) is 18.0.